The largest absolute Gasteiger partial charge is 0.358 e. The Hall–Kier alpha value is -1.35. The maximum Gasteiger partial charge on any atom is 0.0989 e. The van der Waals surface area contributed by atoms with Crippen molar-refractivity contribution < 1.29 is 0 Å². The quantitative estimate of drug-likeness (QED) is 0.823. The average molecular weight is 340 g/mol. The molecule has 1 aromatic carbocycles. The molecular formula is C22H33N3. The second-order valence-electron chi connectivity index (χ2n) is 8.01. The van der Waals surface area contributed by atoms with Gasteiger partial charge >= 0.3 is 0 Å². The molecule has 0 aromatic heterocycles. The first-order valence-electron chi connectivity index (χ1n) is 10.5. The van der Waals surface area contributed by atoms with E-state index in [1.54, 1.807) is 11.1 Å². The van der Waals surface area contributed by atoms with Crippen LogP contribution in [0.2, 0.25) is 0 Å². The van der Waals surface area contributed by atoms with E-state index in [0.29, 0.717) is 0 Å². The minimum absolute atomic E-state index is 0.808. The van der Waals surface area contributed by atoms with E-state index < -0.39 is 0 Å². The number of amidine groups is 1. The Balaban J connectivity index is 1.21. The molecule has 0 saturated carbocycles. The molecule has 0 N–H and O–H groups in total. The molecule has 2 heterocycles. The molecule has 2 aliphatic heterocycles. The molecule has 0 radical (unpaired) electrons. The Morgan fingerprint density at radius 3 is 2.68 bits per heavy atom. The number of fused-ring (bicyclic) bond motifs is 1. The Kier molecular flexibility index (Phi) is 5.71. The molecule has 136 valence electrons. The van der Waals surface area contributed by atoms with Crippen LogP contribution in [0.15, 0.2) is 29.3 Å². The van der Waals surface area contributed by atoms with Gasteiger partial charge in [0.25, 0.3) is 0 Å². The number of rotatable bonds is 4. The van der Waals surface area contributed by atoms with Gasteiger partial charge in [0, 0.05) is 39.1 Å². The summed E-state index contributed by atoms with van der Waals surface area (Å²) in [6.07, 6.45) is 10.6. The van der Waals surface area contributed by atoms with Crippen molar-refractivity contribution in [3.63, 3.8) is 0 Å². The fourth-order valence-corrected chi connectivity index (χ4v) is 4.89. The Bertz CT molecular complexity index is 587. The van der Waals surface area contributed by atoms with Gasteiger partial charge in [-0.25, -0.2) is 0 Å². The van der Waals surface area contributed by atoms with Gasteiger partial charge in [-0.2, -0.15) is 0 Å². The summed E-state index contributed by atoms with van der Waals surface area (Å²) in [5.74, 6) is 2.20. The van der Waals surface area contributed by atoms with Crippen LogP contribution in [-0.2, 0) is 6.42 Å². The molecule has 0 spiro atoms. The number of hydrogen-bond acceptors (Lipinski definition) is 3. The fraction of sp³-hybridized carbons (Fsp3) is 0.682. The normalized spacial score (nSPS) is 24.7. The monoisotopic (exact) mass is 339 g/mol. The summed E-state index contributed by atoms with van der Waals surface area (Å²) in [4.78, 5) is 9.97. The van der Waals surface area contributed by atoms with Crippen molar-refractivity contribution in [2.45, 2.75) is 57.3 Å². The first kappa shape index (κ1) is 17.1. The Morgan fingerprint density at radius 1 is 0.960 bits per heavy atom. The maximum absolute atomic E-state index is 4.75. The molecule has 1 atom stereocenters. The number of aryl methyl sites for hydroxylation is 1. The highest BCUT2D eigenvalue weighted by molar-refractivity contribution is 5.82. The summed E-state index contributed by atoms with van der Waals surface area (Å²) in [5.41, 5.74) is 3.26. The van der Waals surface area contributed by atoms with Crippen molar-refractivity contribution >= 4 is 5.84 Å². The van der Waals surface area contributed by atoms with E-state index >= 15 is 0 Å². The molecule has 0 amide bonds. The summed E-state index contributed by atoms with van der Waals surface area (Å²) in [6, 6.07) is 9.15. The summed E-state index contributed by atoms with van der Waals surface area (Å²) >= 11 is 0. The first-order chi connectivity index (χ1) is 12.4. The predicted molar refractivity (Wildman–Crippen MR) is 106 cm³/mol. The van der Waals surface area contributed by atoms with Gasteiger partial charge in [-0.3, -0.25) is 9.89 Å². The van der Waals surface area contributed by atoms with Gasteiger partial charge in [0.1, 0.15) is 0 Å². The van der Waals surface area contributed by atoms with Gasteiger partial charge < -0.3 is 4.90 Å². The molecule has 3 aliphatic rings. The SMILES string of the molecule is c1ccc2c(c1)CCCC2CCCN1CCN(C2=NCCCC2)CC1. The van der Waals surface area contributed by atoms with Crippen LogP contribution in [0.4, 0.5) is 0 Å². The molecule has 0 bridgehead atoms. The molecule has 1 unspecified atom stereocenters. The molecule has 25 heavy (non-hydrogen) atoms. The molecular weight excluding hydrogens is 306 g/mol. The van der Waals surface area contributed by atoms with Gasteiger partial charge in [0.2, 0.25) is 0 Å². The summed E-state index contributed by atoms with van der Waals surface area (Å²) in [7, 11) is 0. The fourth-order valence-electron chi connectivity index (χ4n) is 4.89. The van der Waals surface area contributed by atoms with Gasteiger partial charge in [-0.15, -0.1) is 0 Å². The van der Waals surface area contributed by atoms with Crippen molar-refractivity contribution in [2.24, 2.45) is 4.99 Å². The van der Waals surface area contributed by atoms with E-state index in [9.17, 15) is 0 Å². The Morgan fingerprint density at radius 2 is 1.84 bits per heavy atom. The Labute approximate surface area is 153 Å². The minimum Gasteiger partial charge on any atom is -0.358 e. The third-order valence-corrected chi connectivity index (χ3v) is 6.36. The number of benzene rings is 1. The van der Waals surface area contributed by atoms with Crippen LogP contribution >= 0.6 is 0 Å². The topological polar surface area (TPSA) is 18.8 Å². The lowest BCUT2D eigenvalue weighted by molar-refractivity contribution is 0.175. The second-order valence-corrected chi connectivity index (χ2v) is 8.01. The van der Waals surface area contributed by atoms with Crippen molar-refractivity contribution in [1.82, 2.24) is 9.80 Å². The zero-order chi connectivity index (χ0) is 16.9. The average Bonchev–Trinajstić information content (AvgIpc) is 2.69. The lowest BCUT2D eigenvalue weighted by Gasteiger charge is -2.37. The summed E-state index contributed by atoms with van der Waals surface area (Å²) in [6.45, 7) is 7.15. The van der Waals surface area contributed by atoms with Crippen molar-refractivity contribution in [3.05, 3.63) is 35.4 Å². The lowest BCUT2D eigenvalue weighted by atomic mass is 9.80. The van der Waals surface area contributed by atoms with E-state index in [4.69, 9.17) is 4.99 Å². The third-order valence-electron chi connectivity index (χ3n) is 6.36. The first-order valence-corrected chi connectivity index (χ1v) is 10.5. The summed E-state index contributed by atoms with van der Waals surface area (Å²) < 4.78 is 0. The highest BCUT2D eigenvalue weighted by atomic mass is 15.3. The van der Waals surface area contributed by atoms with Crippen LogP contribution in [0.1, 0.15) is 62.0 Å². The standard InChI is InChI=1S/C22H33N3/c1-2-11-21-19(7-1)8-5-9-20(21)10-6-14-24-15-17-25(18-16-24)22-12-3-4-13-23-22/h1-2,7,11,20H,3-6,8-10,12-18H2. The minimum atomic E-state index is 0.808. The van der Waals surface area contributed by atoms with Gasteiger partial charge in [0.15, 0.2) is 0 Å². The van der Waals surface area contributed by atoms with Crippen molar-refractivity contribution in [2.75, 3.05) is 39.3 Å². The highest BCUT2D eigenvalue weighted by Gasteiger charge is 2.22. The zero-order valence-corrected chi connectivity index (χ0v) is 15.6. The van der Waals surface area contributed by atoms with Crippen LogP contribution in [0, 0.1) is 0 Å². The highest BCUT2D eigenvalue weighted by Crippen LogP contribution is 2.34. The predicted octanol–water partition coefficient (Wildman–Crippen LogP) is 4.09. The number of hydrogen-bond donors (Lipinski definition) is 0. The van der Waals surface area contributed by atoms with E-state index in [2.05, 4.69) is 34.1 Å². The van der Waals surface area contributed by atoms with Crippen LogP contribution in [0.5, 0.6) is 0 Å². The van der Waals surface area contributed by atoms with E-state index in [1.807, 2.05) is 0 Å². The van der Waals surface area contributed by atoms with E-state index in [0.717, 1.165) is 12.5 Å². The molecule has 4 rings (SSSR count). The van der Waals surface area contributed by atoms with Gasteiger partial charge in [0.05, 0.1) is 5.84 Å². The summed E-state index contributed by atoms with van der Waals surface area (Å²) in [5, 5.41) is 0. The third kappa shape index (κ3) is 4.25. The van der Waals surface area contributed by atoms with Crippen LogP contribution in [0.3, 0.4) is 0 Å². The molecule has 1 aliphatic carbocycles. The number of aliphatic imine (C=N–C) groups is 1. The van der Waals surface area contributed by atoms with Crippen LogP contribution in [-0.4, -0.2) is 54.9 Å². The van der Waals surface area contributed by atoms with Crippen LogP contribution in [0.25, 0.3) is 0 Å². The van der Waals surface area contributed by atoms with Crippen molar-refractivity contribution in [1.29, 1.82) is 0 Å². The molecule has 1 fully saturated rings. The van der Waals surface area contributed by atoms with Gasteiger partial charge in [-0.05, 0) is 68.5 Å². The zero-order valence-electron chi connectivity index (χ0n) is 15.6. The molecule has 1 aromatic rings. The van der Waals surface area contributed by atoms with E-state index in [-0.39, 0.29) is 0 Å². The number of piperazine rings is 1. The molecule has 3 heteroatoms. The van der Waals surface area contributed by atoms with E-state index in [1.165, 1.54) is 89.9 Å². The van der Waals surface area contributed by atoms with Crippen molar-refractivity contribution in [3.8, 4) is 0 Å². The molecule has 3 nitrogen and oxygen atoms in total. The maximum atomic E-state index is 4.75. The smallest absolute Gasteiger partial charge is 0.0989 e. The number of nitrogens with zero attached hydrogens (tertiary/aromatic N) is 3. The molecule has 1 saturated heterocycles. The lowest BCUT2D eigenvalue weighted by Crippen LogP contribution is -2.49. The second kappa shape index (κ2) is 8.35. The van der Waals surface area contributed by atoms with Crippen LogP contribution < -0.4 is 0 Å². The van der Waals surface area contributed by atoms with Gasteiger partial charge in [-0.1, -0.05) is 24.3 Å².